The van der Waals surface area contributed by atoms with Crippen molar-refractivity contribution < 1.29 is 5.11 Å². The van der Waals surface area contributed by atoms with E-state index in [2.05, 4.69) is 41.6 Å². The molecule has 3 rings (SSSR count). The SMILES string of the molecule is Cc1nnc(-n2c(C)cc3c2CC(C)(C)CC3O)s1. The first-order valence-corrected chi connectivity index (χ1v) is 7.39. The van der Waals surface area contributed by atoms with Crippen molar-refractivity contribution in [2.24, 2.45) is 5.41 Å². The van der Waals surface area contributed by atoms with Crippen LogP contribution in [0.25, 0.3) is 5.13 Å². The van der Waals surface area contributed by atoms with Gasteiger partial charge in [-0.25, -0.2) is 0 Å². The summed E-state index contributed by atoms with van der Waals surface area (Å²) in [6.45, 7) is 8.44. The minimum Gasteiger partial charge on any atom is -0.388 e. The van der Waals surface area contributed by atoms with Crippen molar-refractivity contribution in [3.63, 3.8) is 0 Å². The van der Waals surface area contributed by atoms with Gasteiger partial charge < -0.3 is 5.11 Å². The number of aliphatic hydroxyl groups excluding tert-OH is 1. The molecule has 1 unspecified atom stereocenters. The van der Waals surface area contributed by atoms with Crippen LogP contribution in [0.2, 0.25) is 0 Å². The fraction of sp³-hybridized carbons (Fsp3) is 0.571. The average molecular weight is 277 g/mol. The summed E-state index contributed by atoms with van der Waals surface area (Å²) in [4.78, 5) is 0. The second-order valence-corrected chi connectivity index (χ2v) is 7.35. The van der Waals surface area contributed by atoms with Crippen LogP contribution in [0.4, 0.5) is 0 Å². The highest BCUT2D eigenvalue weighted by atomic mass is 32.1. The minimum absolute atomic E-state index is 0.120. The van der Waals surface area contributed by atoms with Gasteiger partial charge in [0.25, 0.3) is 0 Å². The van der Waals surface area contributed by atoms with Crippen LogP contribution in [0.5, 0.6) is 0 Å². The summed E-state index contributed by atoms with van der Waals surface area (Å²) >= 11 is 1.59. The van der Waals surface area contributed by atoms with E-state index in [0.717, 1.165) is 34.2 Å². The smallest absolute Gasteiger partial charge is 0.216 e. The molecule has 1 aliphatic rings. The molecule has 19 heavy (non-hydrogen) atoms. The number of aryl methyl sites for hydroxylation is 2. The van der Waals surface area contributed by atoms with Crippen molar-refractivity contribution in [1.82, 2.24) is 14.8 Å². The molecule has 0 amide bonds. The van der Waals surface area contributed by atoms with Crippen LogP contribution < -0.4 is 0 Å². The molecule has 2 aromatic heterocycles. The van der Waals surface area contributed by atoms with E-state index in [4.69, 9.17) is 0 Å². The Balaban J connectivity index is 2.17. The van der Waals surface area contributed by atoms with E-state index in [9.17, 15) is 5.11 Å². The Morgan fingerprint density at radius 1 is 1.37 bits per heavy atom. The summed E-state index contributed by atoms with van der Waals surface area (Å²) in [7, 11) is 0. The highest BCUT2D eigenvalue weighted by Gasteiger charge is 2.34. The molecule has 0 saturated heterocycles. The van der Waals surface area contributed by atoms with Gasteiger partial charge in [0.15, 0.2) is 0 Å². The molecule has 1 aliphatic carbocycles. The maximum absolute atomic E-state index is 10.3. The van der Waals surface area contributed by atoms with Crippen LogP contribution in [-0.4, -0.2) is 19.9 Å². The Morgan fingerprint density at radius 2 is 2.11 bits per heavy atom. The zero-order valence-electron chi connectivity index (χ0n) is 11.8. The zero-order valence-corrected chi connectivity index (χ0v) is 12.6. The second-order valence-electron chi connectivity index (χ2n) is 6.19. The Labute approximate surface area is 117 Å². The van der Waals surface area contributed by atoms with Gasteiger partial charge in [0.1, 0.15) is 5.01 Å². The third-order valence-corrected chi connectivity index (χ3v) is 4.60. The van der Waals surface area contributed by atoms with Gasteiger partial charge in [-0.3, -0.25) is 4.57 Å². The molecule has 102 valence electrons. The number of fused-ring (bicyclic) bond motifs is 1. The van der Waals surface area contributed by atoms with Gasteiger partial charge in [-0.05, 0) is 38.2 Å². The zero-order chi connectivity index (χ0) is 13.8. The lowest BCUT2D eigenvalue weighted by Gasteiger charge is -2.33. The highest BCUT2D eigenvalue weighted by molar-refractivity contribution is 7.13. The van der Waals surface area contributed by atoms with E-state index < -0.39 is 0 Å². The molecule has 4 nitrogen and oxygen atoms in total. The molecule has 0 aliphatic heterocycles. The lowest BCUT2D eigenvalue weighted by molar-refractivity contribution is 0.0987. The van der Waals surface area contributed by atoms with Crippen molar-refractivity contribution in [3.05, 3.63) is 28.0 Å². The lowest BCUT2D eigenvalue weighted by Crippen LogP contribution is -2.26. The first kappa shape index (κ1) is 12.8. The molecule has 0 aromatic carbocycles. The lowest BCUT2D eigenvalue weighted by atomic mass is 9.75. The van der Waals surface area contributed by atoms with Crippen LogP contribution >= 0.6 is 11.3 Å². The Morgan fingerprint density at radius 3 is 2.74 bits per heavy atom. The Kier molecular flexibility index (Phi) is 2.80. The van der Waals surface area contributed by atoms with E-state index in [-0.39, 0.29) is 11.5 Å². The summed E-state index contributed by atoms with van der Waals surface area (Å²) in [5.74, 6) is 0. The topological polar surface area (TPSA) is 50.9 Å². The highest BCUT2D eigenvalue weighted by Crippen LogP contribution is 2.42. The summed E-state index contributed by atoms with van der Waals surface area (Å²) in [6, 6.07) is 2.09. The van der Waals surface area contributed by atoms with Crippen LogP contribution in [0.15, 0.2) is 6.07 Å². The molecular formula is C14H19N3OS. The monoisotopic (exact) mass is 277 g/mol. The van der Waals surface area contributed by atoms with Crippen LogP contribution in [0.1, 0.15) is 48.3 Å². The number of nitrogens with zero attached hydrogens (tertiary/aromatic N) is 3. The van der Waals surface area contributed by atoms with Gasteiger partial charge in [-0.1, -0.05) is 25.2 Å². The van der Waals surface area contributed by atoms with E-state index in [1.165, 1.54) is 5.69 Å². The summed E-state index contributed by atoms with van der Waals surface area (Å²) in [5, 5.41) is 20.6. The maximum atomic E-state index is 10.3. The van der Waals surface area contributed by atoms with Crippen LogP contribution in [0.3, 0.4) is 0 Å². The third-order valence-electron chi connectivity index (χ3n) is 3.78. The standard InChI is InChI=1S/C14H19N3OS/c1-8-5-10-11(6-14(3,4)7-12(10)18)17(8)13-16-15-9(2)19-13/h5,12,18H,6-7H2,1-4H3. The quantitative estimate of drug-likeness (QED) is 0.872. The summed E-state index contributed by atoms with van der Waals surface area (Å²) in [5.41, 5.74) is 3.49. The molecule has 0 spiro atoms. The minimum atomic E-state index is -0.368. The van der Waals surface area contributed by atoms with E-state index in [1.807, 2.05) is 6.92 Å². The summed E-state index contributed by atoms with van der Waals surface area (Å²) in [6.07, 6.45) is 1.41. The van der Waals surface area contributed by atoms with Crippen molar-refractivity contribution in [1.29, 1.82) is 0 Å². The number of rotatable bonds is 1. The third kappa shape index (κ3) is 2.11. The van der Waals surface area contributed by atoms with E-state index >= 15 is 0 Å². The van der Waals surface area contributed by atoms with Crippen LogP contribution in [0, 0.1) is 19.3 Å². The molecule has 0 saturated carbocycles. The molecule has 2 heterocycles. The van der Waals surface area contributed by atoms with Crippen molar-refractivity contribution >= 4 is 11.3 Å². The Bertz CT molecular complexity index is 627. The largest absolute Gasteiger partial charge is 0.388 e. The molecule has 0 fully saturated rings. The van der Waals surface area contributed by atoms with Gasteiger partial charge in [-0.15, -0.1) is 10.2 Å². The molecule has 2 aromatic rings. The van der Waals surface area contributed by atoms with Gasteiger partial charge in [0.2, 0.25) is 5.13 Å². The number of aliphatic hydroxyl groups is 1. The molecule has 5 heteroatoms. The molecule has 1 atom stereocenters. The second kappa shape index (κ2) is 4.15. The van der Waals surface area contributed by atoms with Gasteiger partial charge in [-0.2, -0.15) is 0 Å². The van der Waals surface area contributed by atoms with Gasteiger partial charge in [0, 0.05) is 17.0 Å². The first-order valence-electron chi connectivity index (χ1n) is 6.57. The maximum Gasteiger partial charge on any atom is 0.216 e. The molecular weight excluding hydrogens is 258 g/mol. The van der Waals surface area contributed by atoms with E-state index in [0.29, 0.717) is 0 Å². The van der Waals surface area contributed by atoms with Gasteiger partial charge in [0.05, 0.1) is 6.10 Å². The van der Waals surface area contributed by atoms with Crippen molar-refractivity contribution in [2.45, 2.75) is 46.6 Å². The average Bonchev–Trinajstić information content (AvgIpc) is 2.81. The van der Waals surface area contributed by atoms with Crippen molar-refractivity contribution in [2.75, 3.05) is 0 Å². The molecule has 1 N–H and O–H groups in total. The normalized spacial score (nSPS) is 21.4. The fourth-order valence-electron chi connectivity index (χ4n) is 2.99. The Hall–Kier alpha value is -1.20. The number of hydrogen-bond acceptors (Lipinski definition) is 4. The van der Waals surface area contributed by atoms with Crippen molar-refractivity contribution in [3.8, 4) is 5.13 Å². The first-order chi connectivity index (χ1) is 8.87. The van der Waals surface area contributed by atoms with Gasteiger partial charge >= 0.3 is 0 Å². The predicted octanol–water partition coefficient (Wildman–Crippen LogP) is 2.95. The molecule has 0 radical (unpaired) electrons. The molecule has 0 bridgehead atoms. The predicted molar refractivity (Wildman–Crippen MR) is 75.8 cm³/mol. The number of aromatic nitrogens is 3. The van der Waals surface area contributed by atoms with E-state index in [1.54, 1.807) is 11.3 Å². The summed E-state index contributed by atoms with van der Waals surface area (Å²) < 4.78 is 2.16. The number of hydrogen-bond donors (Lipinski definition) is 1. The van der Waals surface area contributed by atoms with Crippen LogP contribution in [-0.2, 0) is 6.42 Å². The fourth-order valence-corrected chi connectivity index (χ4v) is 3.76.